The summed E-state index contributed by atoms with van der Waals surface area (Å²) in [4.78, 5) is 0. The standard InChI is InChI=1S/C16H26BNO2Si/c1-6-21(7-2,16(3,4)5)18-12-14(17(19)20)13-10-8-9-11-15(13)18/h8-12,19-20H,6-7H2,1-5H3. The largest absolute Gasteiger partial charge is 0.490 e. The number of rotatable bonds is 4. The molecule has 0 aliphatic heterocycles. The summed E-state index contributed by atoms with van der Waals surface area (Å²) in [5.74, 6) is 0. The molecule has 5 heteroatoms. The molecule has 0 fully saturated rings. The van der Waals surface area contributed by atoms with Gasteiger partial charge in [0.05, 0.1) is 0 Å². The number of nitrogens with zero attached hydrogens (tertiary/aromatic N) is 1. The third-order valence-corrected chi connectivity index (χ3v) is 11.5. The van der Waals surface area contributed by atoms with E-state index in [2.05, 4.69) is 44.9 Å². The summed E-state index contributed by atoms with van der Waals surface area (Å²) in [5.41, 5.74) is 1.75. The molecule has 1 aromatic carbocycles. The molecule has 0 bridgehead atoms. The normalized spacial score (nSPS) is 12.9. The number of para-hydroxylation sites is 1. The van der Waals surface area contributed by atoms with Crippen LogP contribution in [0.15, 0.2) is 30.5 Å². The fraction of sp³-hybridized carbons (Fsp3) is 0.500. The number of hydrogen-bond acceptors (Lipinski definition) is 2. The van der Waals surface area contributed by atoms with E-state index < -0.39 is 15.4 Å². The summed E-state index contributed by atoms with van der Waals surface area (Å²) in [6.07, 6.45) is 1.99. The molecule has 1 aromatic heterocycles. The number of fused-ring (bicyclic) bond motifs is 1. The zero-order valence-electron chi connectivity index (χ0n) is 13.7. The Bertz CT molecular complexity index is 627. The van der Waals surface area contributed by atoms with Crippen LogP contribution in [0.5, 0.6) is 0 Å². The van der Waals surface area contributed by atoms with Crippen molar-refractivity contribution in [3.8, 4) is 0 Å². The molecular formula is C16H26BNO2Si. The monoisotopic (exact) mass is 303 g/mol. The van der Waals surface area contributed by atoms with E-state index in [-0.39, 0.29) is 5.04 Å². The number of benzene rings is 1. The molecule has 21 heavy (non-hydrogen) atoms. The van der Waals surface area contributed by atoms with Crippen LogP contribution in [0.4, 0.5) is 0 Å². The maximum absolute atomic E-state index is 9.71. The van der Waals surface area contributed by atoms with Gasteiger partial charge in [0.15, 0.2) is 8.24 Å². The molecule has 0 atom stereocenters. The first-order chi connectivity index (χ1) is 9.78. The SMILES string of the molecule is CC[Si](CC)(n1cc(B(O)O)c2ccccc21)C(C)(C)C. The van der Waals surface area contributed by atoms with Crippen LogP contribution < -0.4 is 5.46 Å². The minimum absolute atomic E-state index is 0.204. The van der Waals surface area contributed by atoms with Gasteiger partial charge in [0.1, 0.15) is 0 Å². The molecule has 114 valence electrons. The third kappa shape index (κ3) is 2.47. The van der Waals surface area contributed by atoms with E-state index in [0.29, 0.717) is 5.46 Å². The predicted octanol–water partition coefficient (Wildman–Crippen LogP) is 2.95. The summed E-state index contributed by atoms with van der Waals surface area (Å²) >= 11 is 0. The Hall–Kier alpha value is -1.04. The van der Waals surface area contributed by atoms with Crippen molar-refractivity contribution in [2.24, 2.45) is 0 Å². The van der Waals surface area contributed by atoms with E-state index in [1.54, 1.807) is 0 Å². The quantitative estimate of drug-likeness (QED) is 0.853. The first kappa shape index (κ1) is 16.3. The van der Waals surface area contributed by atoms with E-state index in [1.165, 1.54) is 0 Å². The smallest absolute Gasteiger partial charge is 0.423 e. The lowest BCUT2D eigenvalue weighted by atomic mass is 9.80. The average Bonchev–Trinajstić information content (AvgIpc) is 2.80. The molecular weight excluding hydrogens is 277 g/mol. The average molecular weight is 303 g/mol. The zero-order chi connectivity index (χ0) is 15.8. The molecule has 0 spiro atoms. The van der Waals surface area contributed by atoms with Crippen LogP contribution in [0, 0.1) is 0 Å². The van der Waals surface area contributed by atoms with Crippen LogP contribution in [-0.4, -0.2) is 29.6 Å². The lowest BCUT2D eigenvalue weighted by Crippen LogP contribution is -2.50. The summed E-state index contributed by atoms with van der Waals surface area (Å²) < 4.78 is 2.40. The zero-order valence-corrected chi connectivity index (χ0v) is 14.7. The van der Waals surface area contributed by atoms with Crippen molar-refractivity contribution in [1.82, 2.24) is 4.23 Å². The molecule has 0 saturated carbocycles. The van der Waals surface area contributed by atoms with Gasteiger partial charge < -0.3 is 14.3 Å². The van der Waals surface area contributed by atoms with Gasteiger partial charge in [-0.2, -0.15) is 0 Å². The van der Waals surface area contributed by atoms with Crippen molar-refractivity contribution in [3.05, 3.63) is 30.5 Å². The highest BCUT2D eigenvalue weighted by molar-refractivity contribution is 6.82. The summed E-state index contributed by atoms with van der Waals surface area (Å²) in [5, 5.41) is 20.6. The van der Waals surface area contributed by atoms with Gasteiger partial charge in [-0.15, -0.1) is 0 Å². The van der Waals surface area contributed by atoms with Crippen LogP contribution in [0.25, 0.3) is 10.9 Å². The molecule has 0 unspecified atom stereocenters. The van der Waals surface area contributed by atoms with Gasteiger partial charge >= 0.3 is 7.12 Å². The van der Waals surface area contributed by atoms with Crippen LogP contribution >= 0.6 is 0 Å². The molecule has 1 heterocycles. The van der Waals surface area contributed by atoms with Gasteiger partial charge in [-0.05, 0) is 34.8 Å². The van der Waals surface area contributed by atoms with Gasteiger partial charge in [-0.25, -0.2) is 0 Å². The highest BCUT2D eigenvalue weighted by Crippen LogP contribution is 2.43. The van der Waals surface area contributed by atoms with Gasteiger partial charge in [-0.3, -0.25) is 0 Å². The summed E-state index contributed by atoms with van der Waals surface area (Å²) in [6.45, 7) is 11.5. The molecule has 0 aliphatic rings. The van der Waals surface area contributed by atoms with Crippen molar-refractivity contribution in [2.75, 3.05) is 0 Å². The molecule has 2 rings (SSSR count). The van der Waals surface area contributed by atoms with E-state index >= 15 is 0 Å². The Morgan fingerprint density at radius 3 is 2.14 bits per heavy atom. The lowest BCUT2D eigenvalue weighted by Gasteiger charge is -2.43. The minimum atomic E-state index is -1.82. The van der Waals surface area contributed by atoms with E-state index in [9.17, 15) is 10.0 Å². The van der Waals surface area contributed by atoms with Crippen molar-refractivity contribution < 1.29 is 10.0 Å². The molecule has 2 N–H and O–H groups in total. The predicted molar refractivity (Wildman–Crippen MR) is 93.6 cm³/mol. The second-order valence-electron chi connectivity index (χ2n) is 6.83. The summed E-state index contributed by atoms with van der Waals surface area (Å²) in [6, 6.07) is 10.3. The van der Waals surface area contributed by atoms with Gasteiger partial charge in [0, 0.05) is 11.0 Å². The number of aromatic nitrogens is 1. The molecule has 0 saturated heterocycles. The summed E-state index contributed by atoms with van der Waals surface area (Å²) in [7, 11) is -3.24. The minimum Gasteiger partial charge on any atom is -0.423 e. The van der Waals surface area contributed by atoms with Crippen molar-refractivity contribution in [3.63, 3.8) is 0 Å². The van der Waals surface area contributed by atoms with Gasteiger partial charge in [0.25, 0.3) is 0 Å². The second-order valence-corrected chi connectivity index (χ2v) is 12.3. The van der Waals surface area contributed by atoms with Crippen molar-refractivity contribution >= 4 is 31.7 Å². The first-order valence-electron chi connectivity index (χ1n) is 7.75. The highest BCUT2D eigenvalue weighted by atomic mass is 28.3. The molecule has 0 radical (unpaired) electrons. The van der Waals surface area contributed by atoms with Crippen LogP contribution in [-0.2, 0) is 0 Å². The maximum atomic E-state index is 9.71. The Balaban J connectivity index is 2.81. The van der Waals surface area contributed by atoms with Crippen LogP contribution in [0.2, 0.25) is 17.1 Å². The van der Waals surface area contributed by atoms with Crippen LogP contribution in [0.3, 0.4) is 0 Å². The van der Waals surface area contributed by atoms with Crippen molar-refractivity contribution in [2.45, 2.75) is 51.7 Å². The Labute approximate surface area is 128 Å². The second kappa shape index (κ2) is 5.63. The molecule has 3 nitrogen and oxygen atoms in total. The Morgan fingerprint density at radius 2 is 1.67 bits per heavy atom. The van der Waals surface area contributed by atoms with Gasteiger partial charge in [0.2, 0.25) is 0 Å². The Morgan fingerprint density at radius 1 is 1.10 bits per heavy atom. The molecule has 0 amide bonds. The highest BCUT2D eigenvalue weighted by Gasteiger charge is 2.44. The van der Waals surface area contributed by atoms with E-state index in [0.717, 1.165) is 23.0 Å². The third-order valence-electron chi connectivity index (χ3n) is 5.05. The van der Waals surface area contributed by atoms with Gasteiger partial charge in [-0.1, -0.05) is 52.8 Å². The van der Waals surface area contributed by atoms with Crippen molar-refractivity contribution in [1.29, 1.82) is 0 Å². The number of hydrogen-bond donors (Lipinski definition) is 2. The molecule has 2 aromatic rings. The Kier molecular flexibility index (Phi) is 4.38. The fourth-order valence-corrected chi connectivity index (χ4v) is 8.85. The lowest BCUT2D eigenvalue weighted by molar-refractivity contribution is 0.426. The fourth-order valence-electron chi connectivity index (χ4n) is 3.78. The maximum Gasteiger partial charge on any atom is 0.490 e. The van der Waals surface area contributed by atoms with E-state index in [1.807, 2.05) is 24.4 Å². The first-order valence-corrected chi connectivity index (χ1v) is 10.1. The van der Waals surface area contributed by atoms with E-state index in [4.69, 9.17) is 0 Å². The topological polar surface area (TPSA) is 45.4 Å². The van der Waals surface area contributed by atoms with Crippen LogP contribution in [0.1, 0.15) is 34.6 Å². The molecule has 0 aliphatic carbocycles.